The predicted molar refractivity (Wildman–Crippen MR) is 87.9 cm³/mol. The first-order chi connectivity index (χ1) is 10.8. The summed E-state index contributed by atoms with van der Waals surface area (Å²) in [7, 11) is 0. The minimum Gasteiger partial charge on any atom is -0.375 e. The molecule has 2 aromatic rings. The molecule has 1 saturated heterocycles. The van der Waals surface area contributed by atoms with Gasteiger partial charge in [-0.15, -0.1) is 11.3 Å². The predicted octanol–water partition coefficient (Wildman–Crippen LogP) is 2.93. The van der Waals surface area contributed by atoms with Crippen molar-refractivity contribution in [2.45, 2.75) is 45.0 Å². The fraction of sp³-hybridized carbons (Fsp3) is 0.588. The van der Waals surface area contributed by atoms with Crippen molar-refractivity contribution in [3.63, 3.8) is 0 Å². The van der Waals surface area contributed by atoms with Crippen molar-refractivity contribution in [2.24, 2.45) is 5.92 Å². The Morgan fingerprint density at radius 3 is 3.09 bits per heavy atom. The fourth-order valence-electron chi connectivity index (χ4n) is 3.96. The van der Waals surface area contributed by atoms with Gasteiger partial charge in [-0.1, -0.05) is 0 Å². The number of imidazole rings is 1. The third-order valence-corrected chi connectivity index (χ3v) is 5.98. The van der Waals surface area contributed by atoms with Crippen LogP contribution in [-0.2, 0) is 17.8 Å². The van der Waals surface area contributed by atoms with Gasteiger partial charge in [0.25, 0.3) is 0 Å². The number of morpholine rings is 1. The third kappa shape index (κ3) is 2.85. The third-order valence-electron chi connectivity index (χ3n) is 4.99. The maximum Gasteiger partial charge on any atom is 0.0946 e. The molecule has 2 aromatic heterocycles. The van der Waals surface area contributed by atoms with Gasteiger partial charge in [-0.05, 0) is 31.9 Å². The van der Waals surface area contributed by atoms with Crippen molar-refractivity contribution >= 4 is 11.3 Å². The molecule has 1 aliphatic carbocycles. The van der Waals surface area contributed by atoms with E-state index in [9.17, 15) is 0 Å². The number of aromatic nitrogens is 2. The fourth-order valence-corrected chi connectivity index (χ4v) is 4.88. The zero-order valence-corrected chi connectivity index (χ0v) is 13.8. The first kappa shape index (κ1) is 14.4. The topological polar surface area (TPSA) is 30.3 Å². The maximum atomic E-state index is 6.16. The van der Waals surface area contributed by atoms with Crippen LogP contribution >= 0.6 is 11.3 Å². The zero-order valence-electron chi connectivity index (χ0n) is 13.0. The molecule has 0 amide bonds. The highest BCUT2D eigenvalue weighted by atomic mass is 32.1. The monoisotopic (exact) mass is 317 g/mol. The van der Waals surface area contributed by atoms with Crippen LogP contribution in [0.2, 0.25) is 0 Å². The summed E-state index contributed by atoms with van der Waals surface area (Å²) < 4.78 is 8.36. The summed E-state index contributed by atoms with van der Waals surface area (Å²) in [5.74, 6) is 0.618. The highest BCUT2D eigenvalue weighted by Crippen LogP contribution is 2.36. The number of nitrogens with zero attached hydrogens (tertiary/aromatic N) is 3. The molecule has 0 bridgehead atoms. The van der Waals surface area contributed by atoms with Crippen molar-refractivity contribution in [2.75, 3.05) is 13.2 Å². The lowest BCUT2D eigenvalue weighted by Crippen LogP contribution is -2.50. The van der Waals surface area contributed by atoms with Gasteiger partial charge in [-0.3, -0.25) is 4.90 Å². The molecule has 0 spiro atoms. The van der Waals surface area contributed by atoms with Crippen LogP contribution in [0.5, 0.6) is 0 Å². The van der Waals surface area contributed by atoms with Gasteiger partial charge in [0.2, 0.25) is 0 Å². The first-order valence-corrected chi connectivity index (χ1v) is 8.98. The Hall–Kier alpha value is -1.17. The summed E-state index contributed by atoms with van der Waals surface area (Å²) in [6.07, 6.45) is 8.74. The minimum absolute atomic E-state index is 0.386. The number of fused-ring (bicyclic) bond motifs is 1. The number of hydrogen-bond acceptors (Lipinski definition) is 4. The second-order valence-corrected chi connectivity index (χ2v) is 7.85. The van der Waals surface area contributed by atoms with E-state index in [0.717, 1.165) is 26.2 Å². The van der Waals surface area contributed by atoms with Gasteiger partial charge in [0, 0.05) is 53.7 Å². The summed E-state index contributed by atoms with van der Waals surface area (Å²) in [5.41, 5.74) is 0. The van der Waals surface area contributed by atoms with E-state index in [4.69, 9.17) is 4.74 Å². The van der Waals surface area contributed by atoms with E-state index >= 15 is 0 Å². The Morgan fingerprint density at radius 1 is 1.36 bits per heavy atom. The number of aryl methyl sites for hydroxylation is 1. The molecule has 0 unspecified atom stereocenters. The largest absolute Gasteiger partial charge is 0.375 e. The summed E-state index contributed by atoms with van der Waals surface area (Å²) in [5, 5.41) is 0. The molecule has 4 rings (SSSR count). The van der Waals surface area contributed by atoms with Crippen molar-refractivity contribution in [3.8, 4) is 0 Å². The SMILES string of the molecule is Cc1ccc(CN2CCO[C@@H]3[C@@H](Cn4ccnc4)CC[C@H]32)s1. The zero-order chi connectivity index (χ0) is 14.9. The van der Waals surface area contributed by atoms with E-state index in [0.29, 0.717) is 18.1 Å². The van der Waals surface area contributed by atoms with Gasteiger partial charge in [0.1, 0.15) is 0 Å². The second-order valence-electron chi connectivity index (χ2n) is 6.48. The quantitative estimate of drug-likeness (QED) is 0.868. The molecule has 22 heavy (non-hydrogen) atoms. The normalized spacial score (nSPS) is 28.9. The van der Waals surface area contributed by atoms with E-state index < -0.39 is 0 Å². The molecular weight excluding hydrogens is 294 g/mol. The van der Waals surface area contributed by atoms with Crippen molar-refractivity contribution in [1.82, 2.24) is 14.5 Å². The molecule has 5 heteroatoms. The lowest BCUT2D eigenvalue weighted by Gasteiger charge is -2.39. The second kappa shape index (κ2) is 6.14. The average molecular weight is 317 g/mol. The van der Waals surface area contributed by atoms with E-state index in [2.05, 4.69) is 39.7 Å². The van der Waals surface area contributed by atoms with Crippen LogP contribution in [0, 0.1) is 12.8 Å². The highest BCUT2D eigenvalue weighted by Gasteiger charge is 2.42. The standard InChI is InChI=1S/C17H23N3OS/c1-13-2-4-15(22-13)11-20-8-9-21-17-14(3-5-16(17)20)10-19-7-6-18-12-19/h2,4,6-7,12,14,16-17H,3,5,8-11H2,1H3/t14-,16-,17-/m1/s1. The minimum atomic E-state index is 0.386. The molecule has 0 aromatic carbocycles. The van der Waals surface area contributed by atoms with E-state index in [1.807, 2.05) is 23.9 Å². The molecule has 0 N–H and O–H groups in total. The Labute approximate surface area is 135 Å². The van der Waals surface area contributed by atoms with Crippen LogP contribution < -0.4 is 0 Å². The molecule has 118 valence electrons. The summed E-state index contributed by atoms with van der Waals surface area (Å²) >= 11 is 1.93. The molecule has 3 heterocycles. The van der Waals surface area contributed by atoms with E-state index in [1.54, 1.807) is 0 Å². The van der Waals surface area contributed by atoms with Crippen LogP contribution in [0.4, 0.5) is 0 Å². The van der Waals surface area contributed by atoms with Crippen molar-refractivity contribution < 1.29 is 4.74 Å². The van der Waals surface area contributed by atoms with Crippen LogP contribution in [0.1, 0.15) is 22.6 Å². The maximum absolute atomic E-state index is 6.16. The molecule has 2 aliphatic rings. The van der Waals surface area contributed by atoms with Gasteiger partial charge in [0.15, 0.2) is 0 Å². The Bertz CT molecular complexity index is 609. The lowest BCUT2D eigenvalue weighted by molar-refractivity contribution is -0.0783. The van der Waals surface area contributed by atoms with Gasteiger partial charge in [-0.25, -0.2) is 4.98 Å². The highest BCUT2D eigenvalue weighted by molar-refractivity contribution is 7.11. The Morgan fingerprint density at radius 2 is 2.32 bits per heavy atom. The van der Waals surface area contributed by atoms with Crippen molar-refractivity contribution in [3.05, 3.63) is 40.6 Å². The molecule has 1 aliphatic heterocycles. The van der Waals surface area contributed by atoms with E-state index in [1.165, 1.54) is 22.6 Å². The van der Waals surface area contributed by atoms with Gasteiger partial charge in [-0.2, -0.15) is 0 Å². The Balaban J connectivity index is 1.44. The summed E-state index contributed by atoms with van der Waals surface area (Å²) in [4.78, 5) is 9.69. The first-order valence-electron chi connectivity index (χ1n) is 8.16. The van der Waals surface area contributed by atoms with Crippen molar-refractivity contribution in [1.29, 1.82) is 0 Å². The number of hydrogen-bond donors (Lipinski definition) is 0. The summed E-state index contributed by atoms with van der Waals surface area (Å²) in [6, 6.07) is 5.10. The van der Waals surface area contributed by atoms with Crippen LogP contribution in [0.25, 0.3) is 0 Å². The molecular formula is C17H23N3OS. The molecule has 3 atom stereocenters. The average Bonchev–Trinajstić information content (AvgIpc) is 3.23. The van der Waals surface area contributed by atoms with Gasteiger partial charge >= 0.3 is 0 Å². The molecule has 2 fully saturated rings. The van der Waals surface area contributed by atoms with Crippen LogP contribution in [0.15, 0.2) is 30.9 Å². The number of rotatable bonds is 4. The molecule has 0 radical (unpaired) electrons. The van der Waals surface area contributed by atoms with Gasteiger partial charge in [0.05, 0.1) is 19.0 Å². The van der Waals surface area contributed by atoms with Gasteiger partial charge < -0.3 is 9.30 Å². The lowest BCUT2D eigenvalue weighted by atomic mass is 10.0. The summed E-state index contributed by atoms with van der Waals surface area (Å²) in [6.45, 7) is 6.24. The smallest absolute Gasteiger partial charge is 0.0946 e. The molecule has 4 nitrogen and oxygen atoms in total. The molecule has 1 saturated carbocycles. The van der Waals surface area contributed by atoms with Crippen LogP contribution in [-0.4, -0.2) is 39.7 Å². The Kier molecular flexibility index (Phi) is 4.03. The number of ether oxygens (including phenoxy) is 1. The van der Waals surface area contributed by atoms with E-state index in [-0.39, 0.29) is 0 Å². The van der Waals surface area contributed by atoms with Crippen LogP contribution in [0.3, 0.4) is 0 Å². The number of thiophene rings is 1.